The molecule has 3 aromatic rings. The van der Waals surface area contributed by atoms with Gasteiger partial charge in [-0.2, -0.15) is 0 Å². The summed E-state index contributed by atoms with van der Waals surface area (Å²) >= 11 is 31.3. The molecule has 11 heteroatoms. The maximum Gasteiger partial charge on any atom is 0.257 e. The summed E-state index contributed by atoms with van der Waals surface area (Å²) in [7, 11) is 1.65. The van der Waals surface area contributed by atoms with E-state index < -0.39 is 28.0 Å². The lowest BCUT2D eigenvalue weighted by Crippen LogP contribution is -2.22. The average molecular weight is 600 g/mol. The molecule has 1 saturated carbocycles. The number of carbonyl (C=O) groups is 3. The number of carbonyl (C=O) groups excluding carboxylic acids is 3. The summed E-state index contributed by atoms with van der Waals surface area (Å²) in [5.41, 5.74) is 2.34. The number of benzene rings is 3. The monoisotopic (exact) mass is 597 g/mol. The van der Waals surface area contributed by atoms with Crippen molar-refractivity contribution in [1.82, 2.24) is 0 Å². The van der Waals surface area contributed by atoms with E-state index in [2.05, 4.69) is 10.6 Å². The van der Waals surface area contributed by atoms with Crippen LogP contribution < -0.4 is 15.5 Å². The number of alkyl halides is 2. The van der Waals surface area contributed by atoms with E-state index in [0.717, 1.165) is 0 Å². The first kappa shape index (κ1) is 27.6. The van der Waals surface area contributed by atoms with Crippen LogP contribution in [-0.2, 0) is 9.59 Å². The van der Waals surface area contributed by atoms with E-state index in [-0.39, 0.29) is 16.5 Å². The van der Waals surface area contributed by atoms with Gasteiger partial charge in [-0.3, -0.25) is 14.4 Å². The van der Waals surface area contributed by atoms with E-state index in [9.17, 15) is 14.4 Å². The fraction of sp³-hybridized carbons (Fsp3) is 0.192. The van der Waals surface area contributed by atoms with Crippen molar-refractivity contribution in [3.63, 3.8) is 0 Å². The third-order valence-corrected chi connectivity index (χ3v) is 7.75. The lowest BCUT2D eigenvalue weighted by Gasteiger charge is -2.15. The second-order valence-corrected chi connectivity index (χ2v) is 11.3. The van der Waals surface area contributed by atoms with E-state index >= 15 is 0 Å². The standard InChI is InChI=1S/C26H20Cl5N3O3/c1-13(35)34(2)19-6-3-17(4-7-19)32-24(36)20-12-18(5-8-21(20)29)33-25(37)23-22(26(23,30)31)14-9-15(27)11-16(28)10-14/h3-12,22-23H,1-2H3,(H,32,36)(H,33,37). The Labute approximate surface area is 238 Å². The van der Waals surface area contributed by atoms with E-state index in [0.29, 0.717) is 32.7 Å². The summed E-state index contributed by atoms with van der Waals surface area (Å²) in [6.45, 7) is 1.46. The van der Waals surface area contributed by atoms with Gasteiger partial charge in [-0.15, -0.1) is 23.2 Å². The molecule has 2 N–H and O–H groups in total. The Kier molecular flexibility index (Phi) is 7.98. The van der Waals surface area contributed by atoms with Crippen LogP contribution in [0.15, 0.2) is 60.7 Å². The minimum Gasteiger partial charge on any atom is -0.326 e. The van der Waals surface area contributed by atoms with Crippen LogP contribution in [0.4, 0.5) is 17.1 Å². The molecule has 1 fully saturated rings. The molecule has 4 rings (SSSR count). The van der Waals surface area contributed by atoms with E-state index in [1.165, 1.54) is 24.0 Å². The molecule has 0 heterocycles. The van der Waals surface area contributed by atoms with Gasteiger partial charge in [0.25, 0.3) is 5.91 Å². The van der Waals surface area contributed by atoms with Crippen LogP contribution in [0.25, 0.3) is 0 Å². The molecular formula is C26H20Cl5N3O3. The molecule has 0 aromatic heterocycles. The highest BCUT2D eigenvalue weighted by molar-refractivity contribution is 6.53. The zero-order valence-electron chi connectivity index (χ0n) is 19.5. The molecular weight excluding hydrogens is 580 g/mol. The molecule has 0 aliphatic heterocycles. The molecule has 0 spiro atoms. The zero-order chi connectivity index (χ0) is 27.1. The maximum absolute atomic E-state index is 13.0. The Morgan fingerprint density at radius 2 is 1.43 bits per heavy atom. The molecule has 2 atom stereocenters. The lowest BCUT2D eigenvalue weighted by molar-refractivity contribution is -0.117. The maximum atomic E-state index is 13.0. The van der Waals surface area contributed by atoms with E-state index in [1.807, 2.05) is 0 Å². The van der Waals surface area contributed by atoms with Gasteiger partial charge >= 0.3 is 0 Å². The zero-order valence-corrected chi connectivity index (χ0v) is 23.3. The highest BCUT2D eigenvalue weighted by Crippen LogP contribution is 2.65. The van der Waals surface area contributed by atoms with E-state index in [1.54, 1.807) is 55.6 Å². The summed E-state index contributed by atoms with van der Waals surface area (Å²) in [5, 5.41) is 6.53. The Balaban J connectivity index is 1.47. The quantitative estimate of drug-likeness (QED) is 0.290. The highest BCUT2D eigenvalue weighted by Gasteiger charge is 2.67. The first-order chi connectivity index (χ1) is 17.4. The Morgan fingerprint density at radius 3 is 2.03 bits per heavy atom. The minimum absolute atomic E-state index is 0.114. The smallest absolute Gasteiger partial charge is 0.257 e. The number of amides is 3. The molecule has 2 unspecified atom stereocenters. The molecule has 3 amide bonds. The van der Waals surface area contributed by atoms with Crippen molar-refractivity contribution in [2.24, 2.45) is 5.92 Å². The van der Waals surface area contributed by atoms with Gasteiger partial charge in [0.1, 0.15) is 4.33 Å². The second kappa shape index (κ2) is 10.7. The van der Waals surface area contributed by atoms with Crippen molar-refractivity contribution in [1.29, 1.82) is 0 Å². The van der Waals surface area contributed by atoms with Crippen LogP contribution in [0.5, 0.6) is 0 Å². The summed E-state index contributed by atoms with van der Waals surface area (Å²) in [4.78, 5) is 38.9. The molecule has 3 aromatic carbocycles. The van der Waals surface area contributed by atoms with Crippen LogP contribution in [0.2, 0.25) is 15.1 Å². The fourth-order valence-corrected chi connectivity index (χ4v) is 5.54. The van der Waals surface area contributed by atoms with Gasteiger partial charge in [-0.25, -0.2) is 0 Å². The SMILES string of the molecule is CC(=O)N(C)c1ccc(NC(=O)c2cc(NC(=O)C3C(c4cc(Cl)cc(Cl)c4)C3(Cl)Cl)ccc2Cl)cc1. The van der Waals surface area contributed by atoms with Crippen LogP contribution in [-0.4, -0.2) is 29.1 Å². The average Bonchev–Trinajstić information content (AvgIpc) is 3.41. The van der Waals surface area contributed by atoms with Gasteiger partial charge in [0.15, 0.2) is 0 Å². The summed E-state index contributed by atoms with van der Waals surface area (Å²) in [6, 6.07) is 16.2. The third-order valence-electron chi connectivity index (χ3n) is 6.04. The number of hydrogen-bond donors (Lipinski definition) is 2. The molecule has 1 aliphatic rings. The van der Waals surface area contributed by atoms with Gasteiger partial charge in [-0.1, -0.05) is 34.8 Å². The largest absolute Gasteiger partial charge is 0.326 e. The van der Waals surface area contributed by atoms with Gasteiger partial charge in [0.2, 0.25) is 11.8 Å². The van der Waals surface area contributed by atoms with Crippen LogP contribution >= 0.6 is 58.0 Å². The molecule has 192 valence electrons. The van der Waals surface area contributed by atoms with Crippen LogP contribution in [0.3, 0.4) is 0 Å². The van der Waals surface area contributed by atoms with Crippen molar-refractivity contribution >= 4 is 92.8 Å². The first-order valence-electron chi connectivity index (χ1n) is 11.0. The number of halogens is 5. The van der Waals surface area contributed by atoms with Crippen molar-refractivity contribution in [2.75, 3.05) is 22.6 Å². The number of rotatable bonds is 6. The summed E-state index contributed by atoms with van der Waals surface area (Å²) in [5.74, 6) is -2.28. The number of anilines is 3. The Hall–Kier alpha value is -2.48. The molecule has 1 aliphatic carbocycles. The first-order valence-corrected chi connectivity index (χ1v) is 12.9. The van der Waals surface area contributed by atoms with Crippen molar-refractivity contribution in [2.45, 2.75) is 17.2 Å². The predicted molar refractivity (Wildman–Crippen MR) is 151 cm³/mol. The second-order valence-electron chi connectivity index (χ2n) is 8.60. The topological polar surface area (TPSA) is 78.5 Å². The van der Waals surface area contributed by atoms with Gasteiger partial charge < -0.3 is 15.5 Å². The number of hydrogen-bond acceptors (Lipinski definition) is 3. The van der Waals surface area contributed by atoms with Gasteiger partial charge in [0.05, 0.1) is 16.5 Å². The summed E-state index contributed by atoms with van der Waals surface area (Å²) < 4.78 is -1.34. The van der Waals surface area contributed by atoms with Crippen molar-refractivity contribution < 1.29 is 14.4 Å². The van der Waals surface area contributed by atoms with Crippen molar-refractivity contribution in [3.8, 4) is 0 Å². The van der Waals surface area contributed by atoms with Crippen molar-refractivity contribution in [3.05, 3.63) is 86.9 Å². The summed E-state index contributed by atoms with van der Waals surface area (Å²) in [6.07, 6.45) is 0. The third kappa shape index (κ3) is 6.00. The fourth-order valence-electron chi connectivity index (χ4n) is 3.97. The highest BCUT2D eigenvalue weighted by atomic mass is 35.5. The minimum atomic E-state index is -1.34. The molecule has 37 heavy (non-hydrogen) atoms. The number of nitrogens with zero attached hydrogens (tertiary/aromatic N) is 1. The van der Waals surface area contributed by atoms with Gasteiger partial charge in [-0.05, 0) is 66.2 Å². The molecule has 0 bridgehead atoms. The molecule has 0 saturated heterocycles. The van der Waals surface area contributed by atoms with Crippen LogP contribution in [0, 0.1) is 5.92 Å². The van der Waals surface area contributed by atoms with Crippen LogP contribution in [0.1, 0.15) is 28.8 Å². The molecule has 0 radical (unpaired) electrons. The molecule has 6 nitrogen and oxygen atoms in total. The van der Waals surface area contributed by atoms with E-state index in [4.69, 9.17) is 58.0 Å². The Bertz CT molecular complexity index is 1370. The van der Waals surface area contributed by atoms with Gasteiger partial charge in [0, 0.05) is 47.0 Å². The lowest BCUT2D eigenvalue weighted by atomic mass is 10.1. The number of nitrogens with one attached hydrogen (secondary N) is 2. The Morgan fingerprint density at radius 1 is 0.838 bits per heavy atom. The normalized spacial score (nSPS) is 17.6. The predicted octanol–water partition coefficient (Wildman–Crippen LogP) is 7.41.